The summed E-state index contributed by atoms with van der Waals surface area (Å²) in [6.45, 7) is 1.21. The highest BCUT2D eigenvalue weighted by atomic mass is 16.5. The average Bonchev–Trinajstić information content (AvgIpc) is 2.90. The number of carbonyl (C=O) groups is 3. The lowest BCUT2D eigenvalue weighted by atomic mass is 10.1. The van der Waals surface area contributed by atoms with Crippen LogP contribution in [0.5, 0.6) is 5.75 Å². The maximum atomic E-state index is 13.0. The molecule has 29 heavy (non-hydrogen) atoms. The fraction of sp³-hybridized carbons (Fsp3) is 0.318. The maximum Gasteiger partial charge on any atom is 0.332 e. The number of nitrogens with zero attached hydrogens (tertiary/aromatic N) is 3. The summed E-state index contributed by atoms with van der Waals surface area (Å²) in [6.07, 6.45) is 0.871. The largest absolute Gasteiger partial charge is 0.497 e. The maximum absolute atomic E-state index is 13.0. The molecule has 7 nitrogen and oxygen atoms in total. The van der Waals surface area contributed by atoms with Gasteiger partial charge >= 0.3 is 6.03 Å². The first-order valence-corrected chi connectivity index (χ1v) is 9.69. The van der Waals surface area contributed by atoms with Gasteiger partial charge in [0.25, 0.3) is 5.91 Å². The van der Waals surface area contributed by atoms with E-state index < -0.39 is 6.04 Å². The summed E-state index contributed by atoms with van der Waals surface area (Å²) in [5, 5.41) is 0. The van der Waals surface area contributed by atoms with E-state index >= 15 is 0 Å². The molecule has 1 atom stereocenters. The van der Waals surface area contributed by atoms with Gasteiger partial charge in [-0.15, -0.1) is 0 Å². The molecule has 2 aromatic rings. The molecule has 150 valence electrons. The second-order valence-corrected chi connectivity index (χ2v) is 7.22. The Kier molecular flexibility index (Phi) is 5.20. The minimum Gasteiger partial charge on any atom is -0.497 e. The Morgan fingerprint density at radius 3 is 2.62 bits per heavy atom. The molecule has 0 N–H and O–H groups in total. The second-order valence-electron chi connectivity index (χ2n) is 7.22. The monoisotopic (exact) mass is 393 g/mol. The molecule has 0 aliphatic carbocycles. The number of amides is 4. The predicted octanol–water partition coefficient (Wildman–Crippen LogP) is 2.31. The molecule has 4 rings (SSSR count). The van der Waals surface area contributed by atoms with Crippen molar-refractivity contribution in [2.45, 2.75) is 18.9 Å². The molecule has 2 heterocycles. The molecule has 0 saturated carbocycles. The summed E-state index contributed by atoms with van der Waals surface area (Å²) in [5.41, 5.74) is 1.42. The summed E-state index contributed by atoms with van der Waals surface area (Å²) in [6, 6.07) is 15.4. The number of anilines is 1. The van der Waals surface area contributed by atoms with Gasteiger partial charge in [0.1, 0.15) is 11.8 Å². The van der Waals surface area contributed by atoms with Crippen LogP contribution in [0.15, 0.2) is 54.6 Å². The van der Waals surface area contributed by atoms with Gasteiger partial charge in [0.15, 0.2) is 0 Å². The van der Waals surface area contributed by atoms with Crippen molar-refractivity contribution in [3.63, 3.8) is 0 Å². The van der Waals surface area contributed by atoms with Gasteiger partial charge in [0.2, 0.25) is 5.91 Å². The molecule has 2 aromatic carbocycles. The molecule has 0 bridgehead atoms. The fourth-order valence-corrected chi connectivity index (χ4v) is 3.91. The number of rotatable bonds is 4. The van der Waals surface area contributed by atoms with Gasteiger partial charge in [-0.05, 0) is 36.2 Å². The van der Waals surface area contributed by atoms with E-state index in [1.54, 1.807) is 41.2 Å². The first-order valence-electron chi connectivity index (χ1n) is 9.69. The van der Waals surface area contributed by atoms with Crippen molar-refractivity contribution in [3.05, 3.63) is 60.2 Å². The van der Waals surface area contributed by atoms with Gasteiger partial charge in [0, 0.05) is 13.1 Å². The molecule has 2 aliphatic heterocycles. The van der Waals surface area contributed by atoms with Gasteiger partial charge < -0.3 is 14.5 Å². The first kappa shape index (κ1) is 19.0. The molecule has 4 amide bonds. The number of benzene rings is 2. The zero-order chi connectivity index (χ0) is 20.4. The Labute approximate surface area is 169 Å². The highest BCUT2D eigenvalue weighted by Crippen LogP contribution is 2.27. The molecule has 2 aliphatic rings. The number of ether oxygens (including phenoxy) is 1. The van der Waals surface area contributed by atoms with Crippen molar-refractivity contribution in [2.75, 3.05) is 31.6 Å². The van der Waals surface area contributed by atoms with Crippen LogP contribution >= 0.6 is 0 Å². The van der Waals surface area contributed by atoms with Gasteiger partial charge in [-0.3, -0.25) is 9.59 Å². The summed E-state index contributed by atoms with van der Waals surface area (Å²) in [7, 11) is 1.59. The quantitative estimate of drug-likeness (QED) is 0.748. The normalized spacial score (nSPS) is 19.2. The van der Waals surface area contributed by atoms with Crippen molar-refractivity contribution in [1.82, 2.24) is 9.80 Å². The molecule has 0 radical (unpaired) electrons. The van der Waals surface area contributed by atoms with Crippen LogP contribution in [-0.2, 0) is 16.0 Å². The molecule has 0 aromatic heterocycles. The third kappa shape index (κ3) is 3.68. The van der Waals surface area contributed by atoms with Gasteiger partial charge in [-0.1, -0.05) is 30.3 Å². The van der Waals surface area contributed by atoms with E-state index in [9.17, 15) is 14.4 Å². The number of urea groups is 1. The highest BCUT2D eigenvalue weighted by molar-refractivity contribution is 6.21. The number of hydrogen-bond donors (Lipinski definition) is 0. The molecule has 2 fully saturated rings. The van der Waals surface area contributed by atoms with Gasteiger partial charge in [0.05, 0.1) is 25.8 Å². The van der Waals surface area contributed by atoms with Crippen LogP contribution in [0.2, 0.25) is 0 Å². The summed E-state index contributed by atoms with van der Waals surface area (Å²) < 4.78 is 5.22. The number of methoxy groups -OCH3 is 1. The molecule has 7 heteroatoms. The van der Waals surface area contributed by atoms with E-state index in [1.165, 1.54) is 4.90 Å². The lowest BCUT2D eigenvalue weighted by molar-refractivity contribution is -0.131. The Bertz CT molecular complexity index is 931. The fourth-order valence-electron chi connectivity index (χ4n) is 3.91. The van der Waals surface area contributed by atoms with Crippen LogP contribution in [0.3, 0.4) is 0 Å². The van der Waals surface area contributed by atoms with Crippen LogP contribution in [0.1, 0.15) is 12.0 Å². The Morgan fingerprint density at radius 2 is 1.86 bits per heavy atom. The minimum atomic E-state index is -0.639. The molecule has 2 saturated heterocycles. The van der Waals surface area contributed by atoms with E-state index in [0.29, 0.717) is 30.9 Å². The van der Waals surface area contributed by atoms with Crippen molar-refractivity contribution >= 4 is 23.5 Å². The van der Waals surface area contributed by atoms with Gasteiger partial charge in [-0.25, -0.2) is 9.69 Å². The smallest absolute Gasteiger partial charge is 0.332 e. The van der Waals surface area contributed by atoms with Crippen molar-refractivity contribution in [3.8, 4) is 5.75 Å². The third-order valence-corrected chi connectivity index (χ3v) is 5.40. The second kappa shape index (κ2) is 7.95. The van der Waals surface area contributed by atoms with Gasteiger partial charge in [-0.2, -0.15) is 0 Å². The molecular formula is C22H23N3O4. The van der Waals surface area contributed by atoms with Crippen molar-refractivity contribution in [2.24, 2.45) is 0 Å². The number of imide groups is 1. The summed E-state index contributed by atoms with van der Waals surface area (Å²) >= 11 is 0. The van der Waals surface area contributed by atoms with E-state index in [0.717, 1.165) is 5.56 Å². The van der Waals surface area contributed by atoms with Crippen LogP contribution in [0.4, 0.5) is 10.5 Å². The van der Waals surface area contributed by atoms with E-state index in [2.05, 4.69) is 0 Å². The van der Waals surface area contributed by atoms with Crippen LogP contribution in [0.25, 0.3) is 0 Å². The lowest BCUT2D eigenvalue weighted by Crippen LogP contribution is -2.44. The number of hydrogen-bond acceptors (Lipinski definition) is 4. The van der Waals surface area contributed by atoms with E-state index in [4.69, 9.17) is 4.74 Å². The topological polar surface area (TPSA) is 70.2 Å². The highest BCUT2D eigenvalue weighted by Gasteiger charge is 2.47. The van der Waals surface area contributed by atoms with E-state index in [-0.39, 0.29) is 30.8 Å². The van der Waals surface area contributed by atoms with Crippen molar-refractivity contribution < 1.29 is 19.1 Å². The van der Waals surface area contributed by atoms with Crippen LogP contribution < -0.4 is 9.64 Å². The molecule has 0 spiro atoms. The zero-order valence-electron chi connectivity index (χ0n) is 16.3. The number of carbonyl (C=O) groups excluding carboxylic acids is 3. The summed E-state index contributed by atoms with van der Waals surface area (Å²) in [5.74, 6) is 0.369. The van der Waals surface area contributed by atoms with Crippen molar-refractivity contribution in [1.29, 1.82) is 0 Å². The first-order chi connectivity index (χ1) is 14.1. The van der Waals surface area contributed by atoms with Crippen LogP contribution in [-0.4, -0.2) is 60.4 Å². The van der Waals surface area contributed by atoms with Crippen LogP contribution in [0, 0.1) is 0 Å². The lowest BCUT2D eigenvalue weighted by Gasteiger charge is -2.23. The SMILES string of the molecule is COc1cccc(CC(=O)N2CCCN3C(=O)N(c4ccccc4)C(=O)C3C2)c1. The molecular weight excluding hydrogens is 370 g/mol. The van der Waals surface area contributed by atoms with E-state index in [1.807, 2.05) is 30.3 Å². The average molecular weight is 393 g/mol. The molecule has 1 unspecified atom stereocenters. The Hall–Kier alpha value is -3.35. The number of para-hydroxylation sites is 1. The third-order valence-electron chi connectivity index (χ3n) is 5.40. The predicted molar refractivity (Wildman–Crippen MR) is 108 cm³/mol. The minimum absolute atomic E-state index is 0.0569. The standard InChI is InChI=1S/C22H23N3O4/c1-29-18-10-5-7-16(13-18)14-20(26)23-11-6-12-24-19(15-23)21(27)25(22(24)28)17-8-3-2-4-9-17/h2-5,7-10,13,19H,6,11-12,14-15H2,1H3. The Morgan fingerprint density at radius 1 is 1.07 bits per heavy atom. The summed E-state index contributed by atoms with van der Waals surface area (Å²) in [4.78, 5) is 43.3. The number of fused-ring (bicyclic) bond motifs is 1. The zero-order valence-corrected chi connectivity index (χ0v) is 16.3. The Balaban J connectivity index is 1.51.